The molecular weight excluding hydrogens is 262 g/mol. The Morgan fingerprint density at radius 3 is 2.48 bits per heavy atom. The summed E-state index contributed by atoms with van der Waals surface area (Å²) in [5, 5.41) is 3.65. The van der Waals surface area contributed by atoms with E-state index in [4.69, 9.17) is 4.74 Å². The third kappa shape index (κ3) is 4.08. The minimum Gasteiger partial charge on any atom is -0.497 e. The van der Waals surface area contributed by atoms with E-state index in [1.165, 1.54) is 5.56 Å². The molecule has 0 aliphatic carbocycles. The van der Waals surface area contributed by atoms with Crippen molar-refractivity contribution < 1.29 is 4.74 Å². The van der Waals surface area contributed by atoms with Gasteiger partial charge in [0.1, 0.15) is 11.6 Å². The van der Waals surface area contributed by atoms with Crippen molar-refractivity contribution in [3.8, 4) is 5.75 Å². The third-order valence-corrected chi connectivity index (χ3v) is 3.78. The van der Waals surface area contributed by atoms with E-state index in [0.717, 1.165) is 24.7 Å². The Morgan fingerprint density at radius 2 is 1.95 bits per heavy atom. The molecule has 1 atom stereocenters. The zero-order chi connectivity index (χ0) is 15.2. The van der Waals surface area contributed by atoms with Crippen molar-refractivity contribution in [2.24, 2.45) is 5.92 Å². The van der Waals surface area contributed by atoms with Gasteiger partial charge in [0.25, 0.3) is 0 Å². The van der Waals surface area contributed by atoms with Gasteiger partial charge in [0.15, 0.2) is 0 Å². The van der Waals surface area contributed by atoms with Gasteiger partial charge in [-0.25, -0.2) is 4.98 Å². The lowest BCUT2D eigenvalue weighted by Gasteiger charge is -2.23. The van der Waals surface area contributed by atoms with Crippen molar-refractivity contribution in [1.82, 2.24) is 14.9 Å². The van der Waals surface area contributed by atoms with Crippen LogP contribution in [0.2, 0.25) is 0 Å². The molecule has 4 heteroatoms. The Hall–Kier alpha value is -1.81. The minimum absolute atomic E-state index is 0.347. The molecule has 1 aromatic heterocycles. The highest BCUT2D eigenvalue weighted by Gasteiger charge is 2.15. The van der Waals surface area contributed by atoms with Gasteiger partial charge < -0.3 is 14.6 Å². The maximum Gasteiger partial charge on any atom is 0.118 e. The molecule has 0 spiro atoms. The summed E-state index contributed by atoms with van der Waals surface area (Å²) < 4.78 is 7.39. The summed E-state index contributed by atoms with van der Waals surface area (Å²) in [6.45, 7) is 8.37. The number of benzene rings is 1. The summed E-state index contributed by atoms with van der Waals surface area (Å²) in [4.78, 5) is 4.25. The molecule has 114 valence electrons. The van der Waals surface area contributed by atoms with Crippen LogP contribution >= 0.6 is 0 Å². The first-order valence-electron chi connectivity index (χ1n) is 7.47. The number of nitrogens with one attached hydrogen (secondary N) is 1. The standard InChI is InChI=1S/C17H25N3O/c1-13(2)17(15-5-7-16(21-4)8-6-15)19-10-12-20-11-9-18-14(20)3/h5-9,11,13,17,19H,10,12H2,1-4H3/t17-/m0/s1. The highest BCUT2D eigenvalue weighted by molar-refractivity contribution is 5.29. The fourth-order valence-electron chi connectivity index (χ4n) is 2.53. The normalized spacial score (nSPS) is 12.6. The molecule has 0 aliphatic rings. The van der Waals surface area contributed by atoms with Gasteiger partial charge in [-0.1, -0.05) is 26.0 Å². The van der Waals surface area contributed by atoms with E-state index in [-0.39, 0.29) is 0 Å². The summed E-state index contributed by atoms with van der Waals surface area (Å²) >= 11 is 0. The largest absolute Gasteiger partial charge is 0.497 e. The highest BCUT2D eigenvalue weighted by atomic mass is 16.5. The van der Waals surface area contributed by atoms with Gasteiger partial charge in [-0.05, 0) is 30.5 Å². The Labute approximate surface area is 127 Å². The molecule has 0 bridgehead atoms. The lowest BCUT2D eigenvalue weighted by Crippen LogP contribution is -2.29. The summed E-state index contributed by atoms with van der Waals surface area (Å²) in [5.41, 5.74) is 1.30. The van der Waals surface area contributed by atoms with Crippen molar-refractivity contribution in [3.05, 3.63) is 48.0 Å². The molecule has 0 saturated carbocycles. The van der Waals surface area contributed by atoms with Crippen LogP contribution in [0, 0.1) is 12.8 Å². The van der Waals surface area contributed by atoms with Crippen molar-refractivity contribution in [1.29, 1.82) is 0 Å². The number of aryl methyl sites for hydroxylation is 1. The molecule has 0 unspecified atom stereocenters. The number of nitrogens with zero attached hydrogens (tertiary/aromatic N) is 2. The van der Waals surface area contributed by atoms with E-state index >= 15 is 0 Å². The molecule has 4 nitrogen and oxygen atoms in total. The van der Waals surface area contributed by atoms with Gasteiger partial charge >= 0.3 is 0 Å². The van der Waals surface area contributed by atoms with E-state index in [9.17, 15) is 0 Å². The van der Waals surface area contributed by atoms with Crippen LogP contribution in [0.15, 0.2) is 36.7 Å². The van der Waals surface area contributed by atoms with E-state index in [0.29, 0.717) is 12.0 Å². The molecule has 1 N–H and O–H groups in total. The predicted octanol–water partition coefficient (Wildman–Crippen LogP) is 3.19. The van der Waals surface area contributed by atoms with Gasteiger partial charge in [-0.2, -0.15) is 0 Å². The maximum absolute atomic E-state index is 5.22. The molecule has 1 aromatic carbocycles. The average Bonchev–Trinajstić information content (AvgIpc) is 2.89. The zero-order valence-corrected chi connectivity index (χ0v) is 13.3. The number of imidazole rings is 1. The minimum atomic E-state index is 0.347. The second-order valence-corrected chi connectivity index (χ2v) is 5.62. The van der Waals surface area contributed by atoms with E-state index < -0.39 is 0 Å². The molecule has 0 aliphatic heterocycles. The van der Waals surface area contributed by atoms with Gasteiger partial charge in [0.05, 0.1) is 7.11 Å². The van der Waals surface area contributed by atoms with Gasteiger partial charge in [0.2, 0.25) is 0 Å². The van der Waals surface area contributed by atoms with E-state index in [2.05, 4.69) is 40.8 Å². The topological polar surface area (TPSA) is 39.1 Å². The first-order valence-corrected chi connectivity index (χ1v) is 7.47. The monoisotopic (exact) mass is 287 g/mol. The lowest BCUT2D eigenvalue weighted by molar-refractivity contribution is 0.398. The quantitative estimate of drug-likeness (QED) is 0.850. The van der Waals surface area contributed by atoms with Crippen LogP contribution < -0.4 is 10.1 Å². The van der Waals surface area contributed by atoms with E-state index in [1.807, 2.05) is 31.5 Å². The molecule has 0 fully saturated rings. The smallest absolute Gasteiger partial charge is 0.118 e. The van der Waals surface area contributed by atoms with Crippen LogP contribution in [0.4, 0.5) is 0 Å². The van der Waals surface area contributed by atoms with Gasteiger partial charge in [0, 0.05) is 31.5 Å². The molecule has 21 heavy (non-hydrogen) atoms. The number of hydrogen-bond donors (Lipinski definition) is 1. The van der Waals surface area contributed by atoms with Crippen molar-refractivity contribution >= 4 is 0 Å². The second kappa shape index (κ2) is 7.27. The SMILES string of the molecule is COc1ccc([C@@H](NCCn2ccnc2C)C(C)C)cc1. The first kappa shape index (κ1) is 15.6. The number of methoxy groups -OCH3 is 1. The number of rotatable bonds is 7. The molecule has 2 rings (SSSR count). The molecular formula is C17H25N3O. The number of hydrogen-bond acceptors (Lipinski definition) is 3. The average molecular weight is 287 g/mol. The fourth-order valence-corrected chi connectivity index (χ4v) is 2.53. The van der Waals surface area contributed by atoms with E-state index in [1.54, 1.807) is 7.11 Å². The summed E-state index contributed by atoms with van der Waals surface area (Å²) in [5.74, 6) is 2.49. The van der Waals surface area contributed by atoms with Crippen molar-refractivity contribution in [2.45, 2.75) is 33.4 Å². The summed E-state index contributed by atoms with van der Waals surface area (Å²) in [6, 6.07) is 8.66. The zero-order valence-electron chi connectivity index (χ0n) is 13.3. The molecule has 0 saturated heterocycles. The number of ether oxygens (including phenoxy) is 1. The maximum atomic E-state index is 5.22. The Bertz CT molecular complexity index is 545. The van der Waals surface area contributed by atoms with Crippen LogP contribution in [-0.2, 0) is 6.54 Å². The number of aromatic nitrogens is 2. The third-order valence-electron chi connectivity index (χ3n) is 3.78. The molecule has 0 radical (unpaired) electrons. The first-order chi connectivity index (χ1) is 10.1. The summed E-state index contributed by atoms with van der Waals surface area (Å²) in [6.07, 6.45) is 3.87. The van der Waals surface area contributed by atoms with Gasteiger partial charge in [-0.15, -0.1) is 0 Å². The summed E-state index contributed by atoms with van der Waals surface area (Å²) in [7, 11) is 1.70. The lowest BCUT2D eigenvalue weighted by atomic mass is 9.96. The highest BCUT2D eigenvalue weighted by Crippen LogP contribution is 2.23. The van der Waals surface area contributed by atoms with Crippen LogP contribution in [0.25, 0.3) is 0 Å². The predicted molar refractivity (Wildman–Crippen MR) is 85.5 cm³/mol. The second-order valence-electron chi connectivity index (χ2n) is 5.62. The van der Waals surface area contributed by atoms with Gasteiger partial charge in [-0.3, -0.25) is 0 Å². The Kier molecular flexibility index (Phi) is 5.39. The van der Waals surface area contributed by atoms with Crippen LogP contribution in [0.1, 0.15) is 31.3 Å². The van der Waals surface area contributed by atoms with Crippen LogP contribution in [-0.4, -0.2) is 23.2 Å². The van der Waals surface area contributed by atoms with Crippen LogP contribution in [0.5, 0.6) is 5.75 Å². The Morgan fingerprint density at radius 1 is 1.24 bits per heavy atom. The Balaban J connectivity index is 1.97. The molecule has 1 heterocycles. The van der Waals surface area contributed by atoms with Crippen molar-refractivity contribution in [3.63, 3.8) is 0 Å². The fraction of sp³-hybridized carbons (Fsp3) is 0.471. The van der Waals surface area contributed by atoms with Crippen LogP contribution in [0.3, 0.4) is 0 Å². The van der Waals surface area contributed by atoms with Crippen molar-refractivity contribution in [2.75, 3.05) is 13.7 Å². The molecule has 2 aromatic rings. The molecule has 0 amide bonds.